The molecule has 1 aliphatic rings. The molecule has 30 heavy (non-hydrogen) atoms. The summed E-state index contributed by atoms with van der Waals surface area (Å²) in [5.41, 5.74) is 3.03. The van der Waals surface area contributed by atoms with Crippen LogP contribution in [0.25, 0.3) is 22.4 Å². The lowest BCUT2D eigenvalue weighted by atomic mass is 9.96. The summed E-state index contributed by atoms with van der Waals surface area (Å²) < 4.78 is 1.72. The first-order valence-electron chi connectivity index (χ1n) is 10.1. The molecular weight excluding hydrogens is 378 g/mol. The van der Waals surface area contributed by atoms with Crippen molar-refractivity contribution < 1.29 is 0 Å². The Morgan fingerprint density at radius 1 is 0.933 bits per heavy atom. The predicted octanol–water partition coefficient (Wildman–Crippen LogP) is 2.56. The third-order valence-electron chi connectivity index (χ3n) is 5.57. The first-order chi connectivity index (χ1) is 14.8. The summed E-state index contributed by atoms with van der Waals surface area (Å²) in [6.45, 7) is 2.49. The smallest absolute Gasteiger partial charge is 0.253 e. The fourth-order valence-electron chi connectivity index (χ4n) is 3.89. The molecular formula is C22H21N7O. The molecule has 0 aliphatic carbocycles. The van der Waals surface area contributed by atoms with E-state index in [-0.39, 0.29) is 5.56 Å². The van der Waals surface area contributed by atoms with Gasteiger partial charge in [-0.05, 0) is 43.0 Å². The fourth-order valence-corrected chi connectivity index (χ4v) is 3.89. The zero-order chi connectivity index (χ0) is 20.3. The molecule has 4 aromatic rings. The molecule has 1 aliphatic heterocycles. The van der Waals surface area contributed by atoms with Gasteiger partial charge in [0.15, 0.2) is 5.65 Å². The Kier molecular flexibility index (Phi) is 4.88. The molecule has 5 heterocycles. The predicted molar refractivity (Wildman–Crippen MR) is 114 cm³/mol. The lowest BCUT2D eigenvalue weighted by molar-refractivity contribution is 0.350. The SMILES string of the molecule is O=c1cc(-c2ccncc2)ncn1CC1CCN(c2ccc3nccnc3n2)CC1. The number of fused-ring (bicyclic) bond motifs is 1. The zero-order valence-corrected chi connectivity index (χ0v) is 16.4. The van der Waals surface area contributed by atoms with Gasteiger partial charge in [0, 0.05) is 56.1 Å². The van der Waals surface area contributed by atoms with Gasteiger partial charge in [-0.15, -0.1) is 0 Å². The van der Waals surface area contributed by atoms with E-state index in [1.165, 1.54) is 0 Å². The molecule has 1 fully saturated rings. The topological polar surface area (TPSA) is 89.7 Å². The van der Waals surface area contributed by atoms with Crippen molar-refractivity contribution in [2.45, 2.75) is 19.4 Å². The van der Waals surface area contributed by atoms with Gasteiger partial charge in [-0.3, -0.25) is 19.3 Å². The Balaban J connectivity index is 1.24. The number of piperidine rings is 1. The monoisotopic (exact) mass is 399 g/mol. The average molecular weight is 399 g/mol. The van der Waals surface area contributed by atoms with E-state index in [1.807, 2.05) is 24.3 Å². The molecule has 0 amide bonds. The molecule has 4 aromatic heterocycles. The summed E-state index contributed by atoms with van der Waals surface area (Å²) >= 11 is 0. The first-order valence-corrected chi connectivity index (χ1v) is 10.1. The van der Waals surface area contributed by atoms with Crippen LogP contribution in [0.5, 0.6) is 0 Å². The zero-order valence-electron chi connectivity index (χ0n) is 16.4. The van der Waals surface area contributed by atoms with E-state index in [1.54, 1.807) is 41.7 Å². The Bertz CT molecular complexity index is 1220. The lowest BCUT2D eigenvalue weighted by Crippen LogP contribution is -2.36. The van der Waals surface area contributed by atoms with Crippen LogP contribution in [-0.4, -0.2) is 42.6 Å². The van der Waals surface area contributed by atoms with E-state index >= 15 is 0 Å². The minimum absolute atomic E-state index is 0.0194. The van der Waals surface area contributed by atoms with Crippen LogP contribution in [0.3, 0.4) is 0 Å². The average Bonchev–Trinajstić information content (AvgIpc) is 2.81. The van der Waals surface area contributed by atoms with Gasteiger partial charge in [-0.25, -0.2) is 15.0 Å². The van der Waals surface area contributed by atoms with Gasteiger partial charge >= 0.3 is 0 Å². The van der Waals surface area contributed by atoms with E-state index in [0.29, 0.717) is 23.8 Å². The Morgan fingerprint density at radius 3 is 2.53 bits per heavy atom. The molecule has 0 saturated carbocycles. The Labute approximate surface area is 173 Å². The fraction of sp³-hybridized carbons (Fsp3) is 0.273. The molecule has 8 nitrogen and oxygen atoms in total. The lowest BCUT2D eigenvalue weighted by Gasteiger charge is -2.33. The third kappa shape index (κ3) is 3.76. The highest BCUT2D eigenvalue weighted by molar-refractivity contribution is 5.71. The van der Waals surface area contributed by atoms with Crippen molar-refractivity contribution in [3.8, 4) is 11.3 Å². The summed E-state index contributed by atoms with van der Waals surface area (Å²) in [5, 5.41) is 0. The number of anilines is 1. The second-order valence-electron chi connectivity index (χ2n) is 7.50. The summed E-state index contributed by atoms with van der Waals surface area (Å²) in [4.78, 5) is 36.5. The minimum Gasteiger partial charge on any atom is -0.357 e. The molecule has 0 radical (unpaired) electrons. The van der Waals surface area contributed by atoms with Crippen LogP contribution in [0, 0.1) is 5.92 Å². The molecule has 8 heteroatoms. The molecule has 0 bridgehead atoms. The number of hydrogen-bond acceptors (Lipinski definition) is 7. The summed E-state index contributed by atoms with van der Waals surface area (Å²) in [6, 6.07) is 9.28. The van der Waals surface area contributed by atoms with Gasteiger partial charge in [0.1, 0.15) is 11.3 Å². The highest BCUT2D eigenvalue weighted by atomic mass is 16.1. The second-order valence-corrected chi connectivity index (χ2v) is 7.50. The first kappa shape index (κ1) is 18.4. The highest BCUT2D eigenvalue weighted by Gasteiger charge is 2.21. The number of pyridine rings is 2. The number of nitrogens with zero attached hydrogens (tertiary/aromatic N) is 7. The number of aromatic nitrogens is 6. The molecule has 150 valence electrons. The van der Waals surface area contributed by atoms with E-state index in [2.05, 4.69) is 29.8 Å². The van der Waals surface area contributed by atoms with Crippen molar-refractivity contribution in [3.63, 3.8) is 0 Å². The van der Waals surface area contributed by atoms with Gasteiger partial charge < -0.3 is 4.90 Å². The van der Waals surface area contributed by atoms with Crippen LogP contribution in [-0.2, 0) is 6.54 Å². The molecule has 0 unspecified atom stereocenters. The summed E-state index contributed by atoms with van der Waals surface area (Å²) in [5.74, 6) is 1.37. The summed E-state index contributed by atoms with van der Waals surface area (Å²) in [6.07, 6.45) is 10.4. The van der Waals surface area contributed by atoms with Gasteiger partial charge in [0.2, 0.25) is 0 Å². The van der Waals surface area contributed by atoms with Crippen LogP contribution in [0.4, 0.5) is 5.82 Å². The number of rotatable bonds is 4. The third-order valence-corrected chi connectivity index (χ3v) is 5.57. The molecule has 1 saturated heterocycles. The Hall–Kier alpha value is -3.68. The van der Waals surface area contributed by atoms with Crippen LogP contribution in [0.2, 0.25) is 0 Å². The normalized spacial score (nSPS) is 14.9. The summed E-state index contributed by atoms with van der Waals surface area (Å²) in [7, 11) is 0. The van der Waals surface area contributed by atoms with Gasteiger partial charge in [0.05, 0.1) is 12.0 Å². The molecule has 5 rings (SSSR count). The van der Waals surface area contributed by atoms with Gasteiger partial charge in [-0.1, -0.05) is 0 Å². The molecule has 0 aromatic carbocycles. The van der Waals surface area contributed by atoms with Crippen molar-refractivity contribution in [1.82, 2.24) is 29.5 Å². The van der Waals surface area contributed by atoms with Crippen LogP contribution >= 0.6 is 0 Å². The molecule has 0 spiro atoms. The van der Waals surface area contributed by atoms with E-state index in [9.17, 15) is 4.79 Å². The van der Waals surface area contributed by atoms with E-state index in [4.69, 9.17) is 0 Å². The van der Waals surface area contributed by atoms with E-state index in [0.717, 1.165) is 42.8 Å². The van der Waals surface area contributed by atoms with Gasteiger partial charge in [0.25, 0.3) is 5.56 Å². The minimum atomic E-state index is -0.0194. The maximum Gasteiger partial charge on any atom is 0.253 e. The largest absolute Gasteiger partial charge is 0.357 e. The highest BCUT2D eigenvalue weighted by Crippen LogP contribution is 2.24. The maximum atomic E-state index is 12.6. The quantitative estimate of drug-likeness (QED) is 0.521. The maximum absolute atomic E-state index is 12.6. The standard InChI is InChI=1S/C22H21N7O/c30-21-13-19(17-3-7-23-8-4-17)26-15-29(21)14-16-5-11-28(12-6-16)20-2-1-18-22(27-20)25-10-9-24-18/h1-4,7-10,13,15-16H,5-6,11-12,14H2. The van der Waals surface area contributed by atoms with Gasteiger partial charge in [-0.2, -0.15) is 0 Å². The second kappa shape index (κ2) is 7.98. The van der Waals surface area contributed by atoms with Crippen LogP contribution in [0.1, 0.15) is 12.8 Å². The molecule has 0 N–H and O–H groups in total. The van der Waals surface area contributed by atoms with Crippen molar-refractivity contribution in [2.75, 3.05) is 18.0 Å². The van der Waals surface area contributed by atoms with Crippen molar-refractivity contribution in [3.05, 3.63) is 71.8 Å². The number of hydrogen-bond donors (Lipinski definition) is 0. The molecule has 0 atom stereocenters. The van der Waals surface area contributed by atoms with Crippen LogP contribution < -0.4 is 10.5 Å². The van der Waals surface area contributed by atoms with E-state index < -0.39 is 0 Å². The Morgan fingerprint density at radius 2 is 1.73 bits per heavy atom. The van der Waals surface area contributed by atoms with Crippen molar-refractivity contribution >= 4 is 17.0 Å². The van der Waals surface area contributed by atoms with Crippen molar-refractivity contribution in [1.29, 1.82) is 0 Å². The van der Waals surface area contributed by atoms with Crippen LogP contribution in [0.15, 0.2) is 66.2 Å². The van der Waals surface area contributed by atoms with Crippen molar-refractivity contribution in [2.24, 2.45) is 5.92 Å².